The molecule has 1 aromatic heterocycles. The third-order valence-corrected chi connectivity index (χ3v) is 3.50. The molecule has 0 bridgehead atoms. The van der Waals surface area contributed by atoms with Gasteiger partial charge >= 0.3 is 0 Å². The summed E-state index contributed by atoms with van der Waals surface area (Å²) in [5, 5.41) is 0. The fraction of sp³-hybridized carbons (Fsp3) is 0.231. The number of ether oxygens (including phenoxy) is 1. The van der Waals surface area contributed by atoms with Crippen molar-refractivity contribution in [3.05, 3.63) is 47.7 Å². The van der Waals surface area contributed by atoms with Crippen LogP contribution in [0.2, 0.25) is 0 Å². The Hall–Kier alpha value is -1.70. The smallest absolute Gasteiger partial charge is 0.144 e. The molecule has 0 aliphatic rings. The van der Waals surface area contributed by atoms with E-state index in [1.165, 1.54) is 17.8 Å². The Morgan fingerprint density at radius 2 is 2.15 bits per heavy atom. The van der Waals surface area contributed by atoms with Crippen LogP contribution in [0.5, 0.6) is 0 Å². The van der Waals surface area contributed by atoms with Gasteiger partial charge in [0.05, 0.1) is 18.1 Å². The Labute approximate surface area is 120 Å². The van der Waals surface area contributed by atoms with Gasteiger partial charge in [-0.15, -0.1) is 11.8 Å². The van der Waals surface area contributed by atoms with Crippen molar-refractivity contribution in [3.8, 4) is 0 Å². The van der Waals surface area contributed by atoms with Gasteiger partial charge in [-0.1, -0.05) is 12.1 Å². The zero-order valence-corrected chi connectivity index (χ0v) is 11.8. The minimum absolute atomic E-state index is 0.247. The molecule has 0 aliphatic carbocycles. The van der Waals surface area contributed by atoms with Crippen molar-refractivity contribution in [2.24, 2.45) is 5.84 Å². The molecular formula is C13H15FN4OS. The molecule has 106 valence electrons. The van der Waals surface area contributed by atoms with Crippen molar-refractivity contribution in [1.29, 1.82) is 0 Å². The lowest BCUT2D eigenvalue weighted by molar-refractivity contribution is 0.181. The Balaban J connectivity index is 2.12. The number of thioether (sulfide) groups is 1. The highest BCUT2D eigenvalue weighted by molar-refractivity contribution is 7.98. The van der Waals surface area contributed by atoms with Gasteiger partial charge in [0.25, 0.3) is 0 Å². The number of hydrazine groups is 1. The van der Waals surface area contributed by atoms with Crippen LogP contribution in [0.15, 0.2) is 35.2 Å². The molecule has 0 spiro atoms. The number of anilines is 1. The van der Waals surface area contributed by atoms with Crippen molar-refractivity contribution >= 4 is 17.6 Å². The van der Waals surface area contributed by atoms with E-state index < -0.39 is 0 Å². The number of nitrogens with zero attached hydrogens (tertiary/aromatic N) is 2. The zero-order chi connectivity index (χ0) is 14.4. The molecular weight excluding hydrogens is 279 g/mol. The Kier molecular flexibility index (Phi) is 5.28. The number of nitrogens with two attached hydrogens (primary N) is 1. The number of hydrogen-bond donors (Lipinski definition) is 2. The molecule has 3 N–H and O–H groups in total. The van der Waals surface area contributed by atoms with Crippen molar-refractivity contribution in [1.82, 2.24) is 9.97 Å². The number of nitrogen functional groups attached to an aromatic ring is 1. The van der Waals surface area contributed by atoms with E-state index >= 15 is 0 Å². The van der Waals surface area contributed by atoms with Gasteiger partial charge in [-0.2, -0.15) is 0 Å². The van der Waals surface area contributed by atoms with Crippen LogP contribution in [0.3, 0.4) is 0 Å². The average Bonchev–Trinajstić information content (AvgIpc) is 2.46. The SMILES string of the molecule is COCc1cc(NN)nc(CSc2ccccc2F)n1. The molecule has 20 heavy (non-hydrogen) atoms. The van der Waals surface area contributed by atoms with Crippen LogP contribution < -0.4 is 11.3 Å². The molecule has 1 aromatic carbocycles. The summed E-state index contributed by atoms with van der Waals surface area (Å²) in [6.07, 6.45) is 0. The van der Waals surface area contributed by atoms with Gasteiger partial charge in [0, 0.05) is 18.1 Å². The molecule has 2 aromatic rings. The predicted octanol–water partition coefficient (Wildman–Crippen LogP) is 2.34. The number of methoxy groups -OCH3 is 1. The summed E-state index contributed by atoms with van der Waals surface area (Å²) in [4.78, 5) is 9.14. The molecule has 0 saturated carbocycles. The fourth-order valence-electron chi connectivity index (χ4n) is 1.62. The topological polar surface area (TPSA) is 73.1 Å². The molecule has 0 aliphatic heterocycles. The summed E-state index contributed by atoms with van der Waals surface area (Å²) in [6.45, 7) is 0.370. The maximum atomic E-state index is 13.5. The fourth-order valence-corrected chi connectivity index (χ4v) is 2.41. The van der Waals surface area contributed by atoms with Crippen LogP contribution in [0.4, 0.5) is 10.2 Å². The lowest BCUT2D eigenvalue weighted by Gasteiger charge is -2.07. The van der Waals surface area contributed by atoms with E-state index in [0.717, 1.165) is 5.69 Å². The Morgan fingerprint density at radius 1 is 1.35 bits per heavy atom. The standard InChI is InChI=1S/C13H15FN4OS/c1-19-7-9-6-12(18-15)17-13(16-9)8-20-11-5-3-2-4-10(11)14/h2-6H,7-8,15H2,1H3,(H,16,17,18). The Morgan fingerprint density at radius 3 is 2.85 bits per heavy atom. The second kappa shape index (κ2) is 7.18. The molecule has 7 heteroatoms. The summed E-state index contributed by atoms with van der Waals surface area (Å²) in [7, 11) is 1.59. The van der Waals surface area contributed by atoms with Crippen LogP contribution in [0.1, 0.15) is 11.5 Å². The van der Waals surface area contributed by atoms with Crippen LogP contribution in [-0.4, -0.2) is 17.1 Å². The first-order chi connectivity index (χ1) is 9.72. The van der Waals surface area contributed by atoms with Crippen LogP contribution >= 0.6 is 11.8 Å². The maximum absolute atomic E-state index is 13.5. The molecule has 0 fully saturated rings. The highest BCUT2D eigenvalue weighted by atomic mass is 32.2. The summed E-state index contributed by atoms with van der Waals surface area (Å²) in [6, 6.07) is 8.31. The first kappa shape index (κ1) is 14.7. The van der Waals surface area contributed by atoms with E-state index in [2.05, 4.69) is 15.4 Å². The number of benzene rings is 1. The quantitative estimate of drug-likeness (QED) is 0.484. The van der Waals surface area contributed by atoms with Gasteiger partial charge in [0.2, 0.25) is 0 Å². The number of hydrogen-bond acceptors (Lipinski definition) is 6. The van der Waals surface area contributed by atoms with Crippen molar-refractivity contribution in [2.75, 3.05) is 12.5 Å². The first-order valence-electron chi connectivity index (χ1n) is 5.92. The number of nitrogens with one attached hydrogen (secondary N) is 1. The summed E-state index contributed by atoms with van der Waals surface area (Å²) in [5.74, 6) is 6.65. The molecule has 1 heterocycles. The van der Waals surface area contributed by atoms with Gasteiger partial charge in [0.1, 0.15) is 17.5 Å². The normalized spacial score (nSPS) is 10.6. The third-order valence-electron chi connectivity index (χ3n) is 2.46. The predicted molar refractivity (Wildman–Crippen MR) is 76.5 cm³/mol. The maximum Gasteiger partial charge on any atom is 0.144 e. The average molecular weight is 294 g/mol. The highest BCUT2D eigenvalue weighted by Gasteiger charge is 2.07. The first-order valence-corrected chi connectivity index (χ1v) is 6.91. The monoisotopic (exact) mass is 294 g/mol. The molecule has 0 unspecified atom stereocenters. The van der Waals surface area contributed by atoms with E-state index in [0.29, 0.717) is 28.9 Å². The third kappa shape index (κ3) is 3.89. The minimum atomic E-state index is -0.247. The van der Waals surface area contributed by atoms with E-state index in [-0.39, 0.29) is 5.82 Å². The number of aromatic nitrogens is 2. The molecule has 0 atom stereocenters. The number of rotatable bonds is 6. The van der Waals surface area contributed by atoms with Gasteiger partial charge < -0.3 is 10.2 Å². The number of halogens is 1. The Bertz CT molecular complexity index is 582. The van der Waals surface area contributed by atoms with Gasteiger partial charge in [0.15, 0.2) is 0 Å². The van der Waals surface area contributed by atoms with Crippen LogP contribution in [0.25, 0.3) is 0 Å². The molecule has 5 nitrogen and oxygen atoms in total. The van der Waals surface area contributed by atoms with Crippen molar-refractivity contribution in [2.45, 2.75) is 17.3 Å². The van der Waals surface area contributed by atoms with E-state index in [9.17, 15) is 4.39 Å². The van der Waals surface area contributed by atoms with Gasteiger partial charge in [-0.25, -0.2) is 20.2 Å². The van der Waals surface area contributed by atoms with Gasteiger partial charge in [-0.05, 0) is 12.1 Å². The van der Waals surface area contributed by atoms with Gasteiger partial charge in [-0.3, -0.25) is 0 Å². The second-order valence-corrected chi connectivity index (χ2v) is 4.97. The van der Waals surface area contributed by atoms with Crippen LogP contribution in [-0.2, 0) is 17.1 Å². The second-order valence-electron chi connectivity index (χ2n) is 3.96. The molecule has 0 amide bonds. The van der Waals surface area contributed by atoms with Crippen molar-refractivity contribution in [3.63, 3.8) is 0 Å². The van der Waals surface area contributed by atoms with E-state index in [1.54, 1.807) is 31.4 Å². The summed E-state index contributed by atoms with van der Waals surface area (Å²) >= 11 is 1.34. The van der Waals surface area contributed by atoms with E-state index in [4.69, 9.17) is 10.6 Å². The lowest BCUT2D eigenvalue weighted by Crippen LogP contribution is -2.11. The minimum Gasteiger partial charge on any atom is -0.378 e. The van der Waals surface area contributed by atoms with Crippen molar-refractivity contribution < 1.29 is 9.13 Å². The largest absolute Gasteiger partial charge is 0.378 e. The molecule has 0 radical (unpaired) electrons. The molecule has 2 rings (SSSR count). The zero-order valence-electron chi connectivity index (χ0n) is 11.0. The lowest BCUT2D eigenvalue weighted by atomic mass is 10.3. The van der Waals surface area contributed by atoms with Crippen LogP contribution in [0, 0.1) is 5.82 Å². The summed E-state index contributed by atoms with van der Waals surface area (Å²) in [5.41, 5.74) is 3.21. The molecule has 0 saturated heterocycles. The van der Waals surface area contributed by atoms with E-state index in [1.807, 2.05) is 0 Å². The highest BCUT2D eigenvalue weighted by Crippen LogP contribution is 2.24. The summed E-state index contributed by atoms with van der Waals surface area (Å²) < 4.78 is 18.6.